The fourth-order valence-corrected chi connectivity index (χ4v) is 7.57. The third-order valence-electron chi connectivity index (χ3n) is 10.0. The minimum Gasteiger partial charge on any atom is -0.497 e. The quantitative estimate of drug-likeness (QED) is 0.219. The number of para-hydroxylation sites is 1. The van der Waals surface area contributed by atoms with Crippen LogP contribution in [-0.2, 0) is 10.5 Å². The Labute approximate surface area is 284 Å². The Morgan fingerprint density at radius 2 is 1.81 bits per heavy atom. The van der Waals surface area contributed by atoms with Gasteiger partial charge in [-0.2, -0.15) is 0 Å². The Hall–Kier alpha value is -3.46. The van der Waals surface area contributed by atoms with E-state index >= 15 is 0 Å². The molecule has 1 N–H and O–H groups in total. The number of ketones is 1. The van der Waals surface area contributed by atoms with E-state index in [0.29, 0.717) is 23.3 Å². The van der Waals surface area contributed by atoms with E-state index in [9.17, 15) is 4.79 Å². The summed E-state index contributed by atoms with van der Waals surface area (Å²) < 4.78 is 23.8. The molecule has 2 unspecified atom stereocenters. The Kier molecular flexibility index (Phi) is 10.2. The number of hydrogen-bond donors (Lipinski definition) is 1. The van der Waals surface area contributed by atoms with Crippen molar-refractivity contribution in [3.05, 3.63) is 76.3 Å². The topological polar surface area (TPSA) is 72.5 Å². The summed E-state index contributed by atoms with van der Waals surface area (Å²) in [5, 5.41) is 4.28. The summed E-state index contributed by atoms with van der Waals surface area (Å²) in [6, 6.07) is 17.9. The number of halogens is 1. The van der Waals surface area contributed by atoms with Crippen molar-refractivity contribution in [1.82, 2.24) is 4.90 Å². The predicted octanol–water partition coefficient (Wildman–Crippen LogP) is 8.09. The summed E-state index contributed by atoms with van der Waals surface area (Å²) >= 11 is 6.63. The van der Waals surface area contributed by atoms with Crippen LogP contribution in [0.3, 0.4) is 0 Å². The maximum Gasteiger partial charge on any atom is 0.276 e. The van der Waals surface area contributed by atoms with Gasteiger partial charge in [0, 0.05) is 44.2 Å². The largest absolute Gasteiger partial charge is 0.497 e. The van der Waals surface area contributed by atoms with Crippen molar-refractivity contribution in [1.29, 1.82) is 0 Å². The van der Waals surface area contributed by atoms with Crippen LogP contribution in [-0.4, -0.2) is 63.9 Å². The first-order chi connectivity index (χ1) is 22.9. The van der Waals surface area contributed by atoms with Crippen LogP contribution in [0.5, 0.6) is 17.2 Å². The van der Waals surface area contributed by atoms with E-state index in [1.54, 1.807) is 20.3 Å². The maximum atomic E-state index is 13.0. The van der Waals surface area contributed by atoms with Crippen LogP contribution < -0.4 is 24.4 Å². The number of rotatable bonds is 10. The molecule has 3 aromatic carbocycles. The molecule has 1 saturated carbocycles. The number of carbonyl (C=O) groups excluding carboxylic acids is 1. The van der Waals surface area contributed by atoms with Crippen LogP contribution in [0.1, 0.15) is 80.3 Å². The second-order valence-electron chi connectivity index (χ2n) is 12.8. The molecule has 1 aliphatic carbocycles. The molecule has 8 nitrogen and oxygen atoms in total. The van der Waals surface area contributed by atoms with Gasteiger partial charge in [-0.15, -0.1) is 0 Å². The Balaban J connectivity index is 0.00000190. The van der Waals surface area contributed by atoms with E-state index in [1.807, 2.05) is 45.0 Å². The number of ether oxygens (including phenoxy) is 4. The number of piperidine rings is 1. The molecule has 0 spiro atoms. The Morgan fingerprint density at radius 3 is 2.49 bits per heavy atom. The van der Waals surface area contributed by atoms with E-state index in [-0.39, 0.29) is 17.9 Å². The van der Waals surface area contributed by atoms with Crippen molar-refractivity contribution in [3.8, 4) is 17.2 Å². The van der Waals surface area contributed by atoms with E-state index in [0.717, 1.165) is 92.3 Å². The van der Waals surface area contributed by atoms with Crippen molar-refractivity contribution < 1.29 is 23.7 Å². The lowest BCUT2D eigenvalue weighted by atomic mass is 9.80. The summed E-state index contributed by atoms with van der Waals surface area (Å²) in [5.74, 6) is 2.09. The molecule has 3 aromatic rings. The van der Waals surface area contributed by atoms with Gasteiger partial charge in [-0.1, -0.05) is 44.0 Å². The van der Waals surface area contributed by atoms with Gasteiger partial charge in [0.25, 0.3) is 5.79 Å². The third kappa shape index (κ3) is 6.65. The summed E-state index contributed by atoms with van der Waals surface area (Å²) in [4.78, 5) is 17.9. The van der Waals surface area contributed by atoms with Gasteiger partial charge < -0.3 is 29.2 Å². The first kappa shape index (κ1) is 33.4. The molecule has 0 bridgehead atoms. The van der Waals surface area contributed by atoms with Crippen LogP contribution in [0.15, 0.2) is 54.6 Å². The van der Waals surface area contributed by atoms with Gasteiger partial charge in [0.15, 0.2) is 17.3 Å². The lowest BCUT2D eigenvalue weighted by Gasteiger charge is -2.36. The van der Waals surface area contributed by atoms with Crippen molar-refractivity contribution in [2.75, 3.05) is 57.2 Å². The molecule has 0 radical (unpaired) electrons. The molecule has 9 heteroatoms. The van der Waals surface area contributed by atoms with Crippen molar-refractivity contribution >= 4 is 28.8 Å². The lowest BCUT2D eigenvalue weighted by Crippen LogP contribution is -2.48. The SMILES string of the molecule is CC.COCCN1c2cc(C(=O)C3CCC3)ccc2NC1CN1CCC(c2cccc3c2OC(C)(c2ccc(OC)cc2Cl)O3)CC1. The molecule has 47 heavy (non-hydrogen) atoms. The molecule has 1 saturated heterocycles. The van der Waals surface area contributed by atoms with Gasteiger partial charge in [0.05, 0.1) is 35.7 Å². The Morgan fingerprint density at radius 1 is 1.02 bits per heavy atom. The zero-order chi connectivity index (χ0) is 33.1. The van der Waals surface area contributed by atoms with E-state index in [2.05, 4.69) is 39.4 Å². The highest BCUT2D eigenvalue weighted by Crippen LogP contribution is 2.50. The number of fused-ring (bicyclic) bond motifs is 2. The van der Waals surface area contributed by atoms with Gasteiger partial charge in [-0.25, -0.2) is 0 Å². The minimum absolute atomic E-state index is 0.119. The molecular formula is C38H48ClN3O5. The Bertz CT molecular complexity index is 1570. The van der Waals surface area contributed by atoms with Crippen LogP contribution in [0.4, 0.5) is 11.4 Å². The molecule has 3 heterocycles. The van der Waals surface area contributed by atoms with E-state index in [1.165, 1.54) is 5.56 Å². The second-order valence-corrected chi connectivity index (χ2v) is 13.2. The first-order valence-corrected chi connectivity index (χ1v) is 17.5. The van der Waals surface area contributed by atoms with Crippen molar-refractivity contribution in [3.63, 3.8) is 0 Å². The van der Waals surface area contributed by atoms with Crippen LogP contribution >= 0.6 is 11.6 Å². The van der Waals surface area contributed by atoms with Gasteiger partial charge >= 0.3 is 0 Å². The minimum atomic E-state index is -1.01. The fourth-order valence-electron chi connectivity index (χ4n) is 7.23. The monoisotopic (exact) mass is 661 g/mol. The van der Waals surface area contributed by atoms with Gasteiger partial charge in [0.1, 0.15) is 11.9 Å². The number of nitrogens with one attached hydrogen (secondary N) is 1. The third-order valence-corrected chi connectivity index (χ3v) is 10.3. The molecule has 7 rings (SSSR count). The van der Waals surface area contributed by atoms with Crippen LogP contribution in [0.25, 0.3) is 0 Å². The molecule has 0 amide bonds. The molecule has 4 aliphatic rings. The lowest BCUT2D eigenvalue weighted by molar-refractivity contribution is -0.0684. The average Bonchev–Trinajstić information content (AvgIpc) is 3.60. The molecule has 3 aliphatic heterocycles. The van der Waals surface area contributed by atoms with Crippen molar-refractivity contribution in [2.45, 2.75) is 70.7 Å². The predicted molar refractivity (Wildman–Crippen MR) is 188 cm³/mol. The maximum absolute atomic E-state index is 13.0. The summed E-state index contributed by atoms with van der Waals surface area (Å²) in [6.07, 6.45) is 5.36. The second kappa shape index (κ2) is 14.3. The average molecular weight is 662 g/mol. The van der Waals surface area contributed by atoms with Gasteiger partial charge in [-0.3, -0.25) is 9.69 Å². The van der Waals surface area contributed by atoms with E-state index in [4.69, 9.17) is 30.5 Å². The number of anilines is 2. The van der Waals surface area contributed by atoms with Crippen LogP contribution in [0, 0.1) is 5.92 Å². The zero-order valence-electron chi connectivity index (χ0n) is 28.3. The fraction of sp³-hybridized carbons (Fsp3) is 0.500. The normalized spacial score (nSPS) is 22.2. The standard InChI is InChI=1S/C36H42ClN3O5.C2H6/c1-36(28-12-11-26(43-3)21-29(28)37)44-32-9-5-8-27(35(32)45-36)23-14-16-39(17-15-23)22-33-38-30-13-10-25(34(41)24-6-4-7-24)20-31(30)40(33)18-19-42-2;1-2/h5,8-13,20-21,23-24,33,38H,4,6-7,14-19,22H2,1-3H3;1-2H3. The summed E-state index contributed by atoms with van der Waals surface area (Å²) in [6.45, 7) is 10.2. The number of Topliss-reactive ketones (excluding diaryl/α,β-unsaturated/α-hetero) is 1. The number of nitrogens with zero attached hydrogens (tertiary/aromatic N) is 2. The molecule has 252 valence electrons. The molecule has 0 aromatic heterocycles. The zero-order valence-corrected chi connectivity index (χ0v) is 29.1. The van der Waals surface area contributed by atoms with Gasteiger partial charge in [-0.05, 0) is 87.2 Å². The first-order valence-electron chi connectivity index (χ1n) is 17.1. The number of benzene rings is 3. The van der Waals surface area contributed by atoms with Gasteiger partial charge in [0.2, 0.25) is 0 Å². The smallest absolute Gasteiger partial charge is 0.276 e. The molecule has 2 atom stereocenters. The highest BCUT2D eigenvalue weighted by molar-refractivity contribution is 6.31. The van der Waals surface area contributed by atoms with E-state index < -0.39 is 5.79 Å². The molecule has 2 fully saturated rings. The number of carbonyl (C=O) groups is 1. The summed E-state index contributed by atoms with van der Waals surface area (Å²) in [5.41, 5.74) is 4.99. The highest BCUT2D eigenvalue weighted by Gasteiger charge is 2.43. The molecular weight excluding hydrogens is 614 g/mol. The van der Waals surface area contributed by atoms with Crippen molar-refractivity contribution in [2.24, 2.45) is 5.92 Å². The number of likely N-dealkylation sites (tertiary alicyclic amines) is 1. The van der Waals surface area contributed by atoms with Crippen LogP contribution in [0.2, 0.25) is 5.02 Å². The highest BCUT2D eigenvalue weighted by atomic mass is 35.5. The summed E-state index contributed by atoms with van der Waals surface area (Å²) in [7, 11) is 3.36. The number of hydrogen-bond acceptors (Lipinski definition) is 8. The number of methoxy groups -OCH3 is 2.